The number of carbonyl (C=O) groups excluding carboxylic acids is 2. The number of hydrogen-bond acceptors (Lipinski definition) is 5. The molecule has 0 saturated heterocycles. The van der Waals surface area contributed by atoms with Crippen LogP contribution in [0.5, 0.6) is 5.75 Å². The van der Waals surface area contributed by atoms with Gasteiger partial charge in [-0.1, -0.05) is 12.1 Å². The molecule has 0 aliphatic heterocycles. The third-order valence-corrected chi connectivity index (χ3v) is 5.00. The predicted molar refractivity (Wildman–Crippen MR) is 114 cm³/mol. The van der Waals surface area contributed by atoms with E-state index in [0.29, 0.717) is 17.0 Å². The molecule has 7 nitrogen and oxygen atoms in total. The fourth-order valence-corrected chi connectivity index (χ4v) is 3.23. The molecule has 30 heavy (non-hydrogen) atoms. The summed E-state index contributed by atoms with van der Waals surface area (Å²) < 4.78 is 6.93. The smallest absolute Gasteiger partial charge is 0.223 e. The highest BCUT2D eigenvalue weighted by Crippen LogP contribution is 2.26. The van der Waals surface area contributed by atoms with Crippen LogP contribution < -0.4 is 9.64 Å². The molecule has 0 atom stereocenters. The van der Waals surface area contributed by atoms with Crippen molar-refractivity contribution in [2.75, 3.05) is 19.1 Å². The van der Waals surface area contributed by atoms with E-state index in [1.54, 1.807) is 60.2 Å². The Balaban J connectivity index is 1.76. The Morgan fingerprint density at radius 1 is 1.03 bits per heavy atom. The molecule has 7 heteroatoms. The fraction of sp³-hybridized carbons (Fsp3) is 0.130. The number of imidazole rings is 1. The van der Waals surface area contributed by atoms with Crippen LogP contribution in [0.25, 0.3) is 16.9 Å². The molecule has 0 saturated carbocycles. The lowest BCUT2D eigenvalue weighted by Crippen LogP contribution is -2.22. The third-order valence-electron chi connectivity index (χ3n) is 5.00. The zero-order chi connectivity index (χ0) is 21.3. The van der Waals surface area contributed by atoms with Crippen LogP contribution in [0.15, 0.2) is 67.1 Å². The molecule has 2 aromatic heterocycles. The van der Waals surface area contributed by atoms with E-state index < -0.39 is 0 Å². The summed E-state index contributed by atoms with van der Waals surface area (Å²) in [5.41, 5.74) is 3.74. The molecule has 0 aliphatic rings. The molecule has 4 rings (SSSR count). The first-order valence-electron chi connectivity index (χ1n) is 9.35. The molecule has 0 radical (unpaired) electrons. The molecule has 0 fully saturated rings. The van der Waals surface area contributed by atoms with Crippen molar-refractivity contribution in [3.8, 4) is 17.0 Å². The molecule has 0 spiro atoms. The van der Waals surface area contributed by atoms with Gasteiger partial charge in [-0.3, -0.25) is 14.0 Å². The van der Waals surface area contributed by atoms with Crippen LogP contribution in [0, 0.1) is 0 Å². The summed E-state index contributed by atoms with van der Waals surface area (Å²) >= 11 is 0. The number of hydrogen-bond donors (Lipinski definition) is 0. The van der Waals surface area contributed by atoms with Crippen molar-refractivity contribution in [1.82, 2.24) is 14.4 Å². The van der Waals surface area contributed by atoms with Gasteiger partial charge in [-0.2, -0.15) is 0 Å². The number of rotatable bonds is 5. The summed E-state index contributed by atoms with van der Waals surface area (Å²) in [6, 6.07) is 16.4. The van der Waals surface area contributed by atoms with Gasteiger partial charge in [0, 0.05) is 37.0 Å². The zero-order valence-corrected chi connectivity index (χ0v) is 16.9. The van der Waals surface area contributed by atoms with Crippen LogP contribution in [-0.4, -0.2) is 40.2 Å². The summed E-state index contributed by atoms with van der Waals surface area (Å²) in [5.74, 6) is 0.411. The first-order valence-corrected chi connectivity index (χ1v) is 9.35. The van der Waals surface area contributed by atoms with Crippen LogP contribution >= 0.6 is 0 Å². The van der Waals surface area contributed by atoms with Gasteiger partial charge < -0.3 is 9.64 Å². The highest BCUT2D eigenvalue weighted by atomic mass is 16.5. The average Bonchev–Trinajstić information content (AvgIpc) is 3.22. The molecule has 1 amide bonds. The second kappa shape index (κ2) is 7.79. The minimum Gasteiger partial charge on any atom is -0.497 e. The molecule has 0 bridgehead atoms. The van der Waals surface area contributed by atoms with Crippen molar-refractivity contribution in [2.24, 2.45) is 0 Å². The summed E-state index contributed by atoms with van der Waals surface area (Å²) in [6.45, 7) is 1.52. The average molecular weight is 400 g/mol. The van der Waals surface area contributed by atoms with Crippen LogP contribution in [0.2, 0.25) is 0 Å². The molecular weight excluding hydrogens is 380 g/mol. The standard InChI is InChI=1S/C23H20N4O3/c1-15(28)26(2)18-6-4-5-17(13-18)20-11-12-24-23-21(25-14-27(20)23)22(29)16-7-9-19(30-3)10-8-16/h4-14H,1-3H3. The molecular formula is C23H20N4O3. The second-order valence-corrected chi connectivity index (χ2v) is 6.80. The van der Waals surface area contributed by atoms with Gasteiger partial charge in [0.25, 0.3) is 0 Å². The quantitative estimate of drug-likeness (QED) is 0.478. The van der Waals surface area contributed by atoms with Gasteiger partial charge in [0.15, 0.2) is 11.3 Å². The van der Waals surface area contributed by atoms with Gasteiger partial charge in [0.05, 0.1) is 12.8 Å². The third kappa shape index (κ3) is 3.41. The molecule has 4 aromatic rings. The Bertz CT molecular complexity index is 1250. The van der Waals surface area contributed by atoms with Gasteiger partial charge in [0.1, 0.15) is 12.1 Å². The number of fused-ring (bicyclic) bond motifs is 1. The van der Waals surface area contributed by atoms with E-state index in [9.17, 15) is 9.59 Å². The first-order chi connectivity index (χ1) is 14.5. The van der Waals surface area contributed by atoms with Crippen molar-refractivity contribution in [3.63, 3.8) is 0 Å². The number of amides is 1. The number of methoxy groups -OCH3 is 1. The number of ether oxygens (including phenoxy) is 1. The van der Waals surface area contributed by atoms with Crippen LogP contribution in [0.1, 0.15) is 23.0 Å². The second-order valence-electron chi connectivity index (χ2n) is 6.80. The highest BCUT2D eigenvalue weighted by molar-refractivity contribution is 6.11. The van der Waals surface area contributed by atoms with E-state index in [1.165, 1.54) is 6.92 Å². The largest absolute Gasteiger partial charge is 0.497 e. The number of nitrogens with zero attached hydrogens (tertiary/aromatic N) is 4. The topological polar surface area (TPSA) is 76.8 Å². The normalized spacial score (nSPS) is 10.8. The first kappa shape index (κ1) is 19.3. The molecule has 0 aliphatic carbocycles. The molecule has 150 valence electrons. The van der Waals surface area contributed by atoms with Gasteiger partial charge in [-0.15, -0.1) is 0 Å². The lowest BCUT2D eigenvalue weighted by Gasteiger charge is -2.16. The van der Waals surface area contributed by atoms with Crippen molar-refractivity contribution in [2.45, 2.75) is 6.92 Å². The van der Waals surface area contributed by atoms with Crippen LogP contribution in [0.3, 0.4) is 0 Å². The fourth-order valence-electron chi connectivity index (χ4n) is 3.23. The van der Waals surface area contributed by atoms with Gasteiger partial charge in [-0.05, 0) is 42.5 Å². The van der Waals surface area contributed by atoms with Crippen molar-refractivity contribution in [1.29, 1.82) is 0 Å². The van der Waals surface area contributed by atoms with Gasteiger partial charge in [0.2, 0.25) is 11.7 Å². The van der Waals surface area contributed by atoms with Gasteiger partial charge >= 0.3 is 0 Å². The maximum absolute atomic E-state index is 13.0. The Morgan fingerprint density at radius 2 is 1.80 bits per heavy atom. The van der Waals surface area contributed by atoms with Crippen molar-refractivity contribution >= 4 is 23.0 Å². The maximum Gasteiger partial charge on any atom is 0.223 e. The van der Waals surface area contributed by atoms with Crippen molar-refractivity contribution < 1.29 is 14.3 Å². The van der Waals surface area contributed by atoms with Crippen LogP contribution in [-0.2, 0) is 4.79 Å². The highest BCUT2D eigenvalue weighted by Gasteiger charge is 2.18. The number of ketones is 1. The number of benzene rings is 2. The van der Waals surface area contributed by atoms with Crippen LogP contribution in [0.4, 0.5) is 5.69 Å². The maximum atomic E-state index is 13.0. The monoisotopic (exact) mass is 400 g/mol. The SMILES string of the molecule is COc1ccc(C(=O)c2ncn3c(-c4cccc(N(C)C(C)=O)c4)ccnc23)cc1. The van der Waals surface area contributed by atoms with E-state index in [4.69, 9.17) is 4.74 Å². The summed E-state index contributed by atoms with van der Waals surface area (Å²) in [6.07, 6.45) is 3.24. The molecule has 0 unspecified atom stereocenters. The van der Waals surface area contributed by atoms with E-state index in [0.717, 1.165) is 16.9 Å². The van der Waals surface area contributed by atoms with Crippen molar-refractivity contribution in [3.05, 3.63) is 78.4 Å². The molecule has 2 heterocycles. The van der Waals surface area contributed by atoms with E-state index >= 15 is 0 Å². The minimum atomic E-state index is -0.213. The number of carbonyl (C=O) groups is 2. The Labute approximate surface area is 173 Å². The number of aromatic nitrogens is 3. The summed E-state index contributed by atoms with van der Waals surface area (Å²) in [5, 5.41) is 0. The predicted octanol–water partition coefficient (Wildman–Crippen LogP) is 3.62. The van der Waals surface area contributed by atoms with E-state index in [-0.39, 0.29) is 17.4 Å². The molecule has 0 N–H and O–H groups in total. The summed E-state index contributed by atoms with van der Waals surface area (Å²) in [4.78, 5) is 35.0. The van der Waals surface area contributed by atoms with Gasteiger partial charge in [-0.25, -0.2) is 9.97 Å². The van der Waals surface area contributed by atoms with E-state index in [1.807, 2.05) is 30.3 Å². The lowest BCUT2D eigenvalue weighted by molar-refractivity contribution is -0.116. The van der Waals surface area contributed by atoms with E-state index in [2.05, 4.69) is 9.97 Å². The minimum absolute atomic E-state index is 0.0537. The Kier molecular flexibility index (Phi) is 5.02. The molecule has 2 aromatic carbocycles. The number of anilines is 1. The summed E-state index contributed by atoms with van der Waals surface area (Å²) in [7, 11) is 3.31. The zero-order valence-electron chi connectivity index (χ0n) is 16.9. The lowest BCUT2D eigenvalue weighted by atomic mass is 10.1. The Hall–Kier alpha value is -4.00. The Morgan fingerprint density at radius 3 is 2.50 bits per heavy atom.